The van der Waals surface area contributed by atoms with Gasteiger partial charge in [0, 0.05) is 11.1 Å². The molecular formula is C13H21ClO2. The van der Waals surface area contributed by atoms with Gasteiger partial charge in [0.1, 0.15) is 0 Å². The van der Waals surface area contributed by atoms with Crippen LogP contribution in [0.2, 0.25) is 0 Å². The number of carbonyl (C=O) groups is 1. The van der Waals surface area contributed by atoms with Crippen LogP contribution in [0.1, 0.15) is 40.5 Å². The Morgan fingerprint density at radius 3 is 2.50 bits per heavy atom. The predicted molar refractivity (Wildman–Crippen MR) is 66.3 cm³/mol. The zero-order chi connectivity index (χ0) is 12.6. The fourth-order valence-corrected chi connectivity index (χ4v) is 2.91. The Kier molecular flexibility index (Phi) is 3.86. The Morgan fingerprint density at radius 1 is 1.56 bits per heavy atom. The van der Waals surface area contributed by atoms with Crippen LogP contribution < -0.4 is 0 Å². The van der Waals surface area contributed by atoms with Gasteiger partial charge < -0.3 is 5.11 Å². The summed E-state index contributed by atoms with van der Waals surface area (Å²) < 4.78 is 0. The van der Waals surface area contributed by atoms with Crippen molar-refractivity contribution in [2.75, 3.05) is 6.61 Å². The van der Waals surface area contributed by atoms with Gasteiger partial charge in [-0.25, -0.2) is 0 Å². The number of hydrogen-bond donors (Lipinski definition) is 1. The first-order valence-electron chi connectivity index (χ1n) is 5.80. The zero-order valence-electron chi connectivity index (χ0n) is 10.5. The monoisotopic (exact) mass is 244 g/mol. The highest BCUT2D eigenvalue weighted by Gasteiger charge is 2.52. The van der Waals surface area contributed by atoms with Gasteiger partial charge in [0.2, 0.25) is 0 Å². The van der Waals surface area contributed by atoms with Gasteiger partial charge in [-0.2, -0.15) is 0 Å². The fraction of sp³-hybridized carbons (Fsp3) is 0.769. The Morgan fingerprint density at radius 2 is 2.12 bits per heavy atom. The van der Waals surface area contributed by atoms with Crippen molar-refractivity contribution in [2.45, 2.75) is 40.5 Å². The van der Waals surface area contributed by atoms with Crippen molar-refractivity contribution in [3.63, 3.8) is 0 Å². The van der Waals surface area contributed by atoms with E-state index in [9.17, 15) is 9.90 Å². The molecule has 0 amide bonds. The standard InChI is InChI=1S/C13H21ClO2/c1-5-12(3)6-10(7-14)11(16)13(4,8-15)9(12)2/h7,9,15H,5-6,8H2,1-4H3. The van der Waals surface area contributed by atoms with Crippen LogP contribution >= 0.6 is 11.6 Å². The molecule has 3 atom stereocenters. The van der Waals surface area contributed by atoms with Gasteiger partial charge in [0.25, 0.3) is 0 Å². The molecule has 0 heterocycles. The van der Waals surface area contributed by atoms with Crippen molar-refractivity contribution in [2.24, 2.45) is 16.7 Å². The smallest absolute Gasteiger partial charge is 0.168 e. The Balaban J connectivity index is 3.24. The first-order chi connectivity index (χ1) is 7.35. The Labute approximate surface area is 103 Å². The summed E-state index contributed by atoms with van der Waals surface area (Å²) in [4.78, 5) is 12.2. The SMILES string of the molecule is CCC1(C)CC(=CCl)C(=O)C(C)(CO)C1C. The third kappa shape index (κ3) is 1.82. The van der Waals surface area contributed by atoms with Crippen LogP contribution in [0.25, 0.3) is 0 Å². The van der Waals surface area contributed by atoms with E-state index in [1.807, 2.05) is 6.92 Å². The molecule has 0 aromatic rings. The van der Waals surface area contributed by atoms with E-state index >= 15 is 0 Å². The molecule has 0 aromatic heterocycles. The summed E-state index contributed by atoms with van der Waals surface area (Å²) in [5, 5.41) is 9.54. The Hall–Kier alpha value is -0.340. The number of hydrogen-bond acceptors (Lipinski definition) is 2. The van der Waals surface area contributed by atoms with Crippen LogP contribution in [0.15, 0.2) is 11.1 Å². The summed E-state index contributed by atoms with van der Waals surface area (Å²) in [6.45, 7) is 8.07. The largest absolute Gasteiger partial charge is 0.395 e. The maximum absolute atomic E-state index is 12.2. The lowest BCUT2D eigenvalue weighted by Crippen LogP contribution is -2.50. The Bertz CT molecular complexity index is 324. The average Bonchev–Trinajstić information content (AvgIpc) is 2.31. The van der Waals surface area contributed by atoms with E-state index in [2.05, 4.69) is 20.8 Å². The first kappa shape index (κ1) is 13.7. The van der Waals surface area contributed by atoms with E-state index in [0.717, 1.165) is 6.42 Å². The van der Waals surface area contributed by atoms with Crippen LogP contribution in [0.3, 0.4) is 0 Å². The second-order valence-electron chi connectivity index (χ2n) is 5.45. The van der Waals surface area contributed by atoms with Crippen molar-refractivity contribution >= 4 is 17.4 Å². The molecule has 0 aromatic carbocycles. The number of allylic oxidation sites excluding steroid dienone is 1. The van der Waals surface area contributed by atoms with Gasteiger partial charge >= 0.3 is 0 Å². The average molecular weight is 245 g/mol. The number of aliphatic hydroxyl groups excluding tert-OH is 1. The van der Waals surface area contributed by atoms with Gasteiger partial charge in [-0.05, 0) is 24.7 Å². The highest BCUT2D eigenvalue weighted by Crippen LogP contribution is 2.52. The normalized spacial score (nSPS) is 42.8. The zero-order valence-corrected chi connectivity index (χ0v) is 11.3. The van der Waals surface area contributed by atoms with E-state index in [1.54, 1.807) is 0 Å². The van der Waals surface area contributed by atoms with Gasteiger partial charge in [-0.3, -0.25) is 4.79 Å². The molecule has 0 bridgehead atoms. The minimum atomic E-state index is -0.691. The summed E-state index contributed by atoms with van der Waals surface area (Å²) in [5.74, 6) is 0.159. The number of rotatable bonds is 2. The van der Waals surface area contributed by atoms with E-state index in [4.69, 9.17) is 11.6 Å². The predicted octanol–water partition coefficient (Wildman–Crippen LogP) is 3.13. The molecule has 1 rings (SSSR count). The van der Waals surface area contributed by atoms with Crippen LogP contribution in [0, 0.1) is 16.7 Å². The lowest BCUT2D eigenvalue weighted by Gasteiger charge is -2.49. The van der Waals surface area contributed by atoms with Gasteiger partial charge in [0.05, 0.1) is 12.0 Å². The van der Waals surface area contributed by atoms with Crippen molar-refractivity contribution in [3.8, 4) is 0 Å². The molecule has 0 saturated heterocycles. The van der Waals surface area contributed by atoms with E-state index in [1.165, 1.54) is 5.54 Å². The molecule has 0 aliphatic heterocycles. The summed E-state index contributed by atoms with van der Waals surface area (Å²) in [6.07, 6.45) is 1.69. The lowest BCUT2D eigenvalue weighted by molar-refractivity contribution is -0.138. The van der Waals surface area contributed by atoms with E-state index < -0.39 is 5.41 Å². The number of Topliss-reactive ketones (excluding diaryl/α,β-unsaturated/α-hetero) is 1. The van der Waals surface area contributed by atoms with Crippen molar-refractivity contribution in [1.82, 2.24) is 0 Å². The summed E-state index contributed by atoms with van der Waals surface area (Å²) in [6, 6.07) is 0. The number of ketones is 1. The molecule has 16 heavy (non-hydrogen) atoms. The molecule has 0 spiro atoms. The maximum atomic E-state index is 12.2. The van der Waals surface area contributed by atoms with Gasteiger partial charge in [-0.15, -0.1) is 0 Å². The summed E-state index contributed by atoms with van der Waals surface area (Å²) in [7, 11) is 0. The quantitative estimate of drug-likeness (QED) is 0.758. The molecule has 2 nitrogen and oxygen atoms in total. The van der Waals surface area contributed by atoms with Crippen LogP contribution in [0.5, 0.6) is 0 Å². The number of aliphatic hydroxyl groups is 1. The second-order valence-corrected chi connectivity index (χ2v) is 5.66. The molecule has 3 heteroatoms. The topological polar surface area (TPSA) is 37.3 Å². The summed E-state index contributed by atoms with van der Waals surface area (Å²) in [5.41, 5.74) is 1.38. The van der Waals surface area contributed by atoms with Crippen molar-refractivity contribution < 1.29 is 9.90 Å². The molecular weight excluding hydrogens is 224 g/mol. The third-order valence-electron chi connectivity index (χ3n) is 4.67. The summed E-state index contributed by atoms with van der Waals surface area (Å²) >= 11 is 5.73. The van der Waals surface area contributed by atoms with E-state index in [-0.39, 0.29) is 23.7 Å². The minimum absolute atomic E-state index is 0.00317. The first-order valence-corrected chi connectivity index (χ1v) is 6.24. The van der Waals surface area contributed by atoms with Crippen molar-refractivity contribution in [1.29, 1.82) is 0 Å². The molecule has 1 aliphatic rings. The minimum Gasteiger partial charge on any atom is -0.395 e. The van der Waals surface area contributed by atoms with Crippen LogP contribution in [-0.2, 0) is 4.79 Å². The molecule has 1 fully saturated rings. The second kappa shape index (κ2) is 4.50. The van der Waals surface area contributed by atoms with E-state index in [0.29, 0.717) is 12.0 Å². The lowest BCUT2D eigenvalue weighted by atomic mass is 9.54. The van der Waals surface area contributed by atoms with Gasteiger partial charge in [0.15, 0.2) is 5.78 Å². The molecule has 3 unspecified atom stereocenters. The highest BCUT2D eigenvalue weighted by atomic mass is 35.5. The third-order valence-corrected chi connectivity index (χ3v) is 4.94. The van der Waals surface area contributed by atoms with Gasteiger partial charge in [-0.1, -0.05) is 38.8 Å². The molecule has 1 aliphatic carbocycles. The maximum Gasteiger partial charge on any atom is 0.168 e. The molecule has 0 radical (unpaired) electrons. The molecule has 1 saturated carbocycles. The van der Waals surface area contributed by atoms with Crippen LogP contribution in [0.4, 0.5) is 0 Å². The number of carbonyl (C=O) groups excluding carboxylic acids is 1. The van der Waals surface area contributed by atoms with Crippen LogP contribution in [-0.4, -0.2) is 17.5 Å². The molecule has 1 N–H and O–H groups in total. The number of halogens is 1. The fourth-order valence-electron chi connectivity index (χ4n) is 2.73. The molecule has 92 valence electrons. The van der Waals surface area contributed by atoms with Crippen molar-refractivity contribution in [3.05, 3.63) is 11.1 Å². The highest BCUT2D eigenvalue weighted by molar-refractivity contribution is 6.28.